The molecule has 0 unspecified atom stereocenters. The Morgan fingerprint density at radius 1 is 1.35 bits per heavy atom. The smallest absolute Gasteiger partial charge is 0.225 e. The Morgan fingerprint density at radius 3 is 2.65 bits per heavy atom. The Bertz CT molecular complexity index is 488. The molecule has 1 aliphatic rings. The molecule has 5 heteroatoms. The van der Waals surface area contributed by atoms with E-state index in [9.17, 15) is 4.79 Å². The summed E-state index contributed by atoms with van der Waals surface area (Å²) in [5.74, 6) is -0.00243. The van der Waals surface area contributed by atoms with Crippen molar-refractivity contribution in [1.29, 1.82) is 5.26 Å². The van der Waals surface area contributed by atoms with Crippen LogP contribution in [0.25, 0.3) is 0 Å². The van der Waals surface area contributed by atoms with E-state index in [0.29, 0.717) is 31.1 Å². The summed E-state index contributed by atoms with van der Waals surface area (Å²) in [6.07, 6.45) is 3.35. The second kappa shape index (κ2) is 6.92. The first-order valence-electron chi connectivity index (χ1n) is 6.95. The van der Waals surface area contributed by atoms with Crippen molar-refractivity contribution in [1.82, 2.24) is 4.90 Å². The molecule has 3 N–H and O–H groups in total. The van der Waals surface area contributed by atoms with Crippen LogP contribution in [0.1, 0.15) is 25.7 Å². The van der Waals surface area contributed by atoms with Crippen LogP contribution >= 0.6 is 0 Å². The zero-order valence-electron chi connectivity index (χ0n) is 11.5. The highest BCUT2D eigenvalue weighted by molar-refractivity contribution is 5.90. The first kappa shape index (κ1) is 14.4. The number of hydrogen-bond acceptors (Lipinski definition) is 4. The standard InChI is InChI=1S/C15H20N4O/c16-9-1-10-19(14-6-7-14)11-8-15(20)18-13-4-2-12(17)3-5-13/h2-5,14H,1,6-8,10-11,17H2,(H,18,20). The Labute approximate surface area is 119 Å². The minimum absolute atomic E-state index is 0.00243. The topological polar surface area (TPSA) is 82.2 Å². The van der Waals surface area contributed by atoms with Gasteiger partial charge in [0.05, 0.1) is 6.07 Å². The number of nitrogens with two attached hydrogens (primary N) is 1. The number of amides is 1. The molecule has 0 heterocycles. The Morgan fingerprint density at radius 2 is 2.05 bits per heavy atom. The molecule has 1 amide bonds. The summed E-state index contributed by atoms with van der Waals surface area (Å²) in [6, 6.07) is 9.85. The van der Waals surface area contributed by atoms with Gasteiger partial charge in [0, 0.05) is 43.3 Å². The molecule has 1 saturated carbocycles. The van der Waals surface area contributed by atoms with Crippen LogP contribution in [0.3, 0.4) is 0 Å². The molecule has 0 radical (unpaired) electrons. The summed E-state index contributed by atoms with van der Waals surface area (Å²) >= 11 is 0. The van der Waals surface area contributed by atoms with Crippen LogP contribution in [0.4, 0.5) is 11.4 Å². The number of nitrogens with one attached hydrogen (secondary N) is 1. The van der Waals surface area contributed by atoms with Crippen LogP contribution in [-0.2, 0) is 4.79 Å². The third kappa shape index (κ3) is 4.56. The lowest BCUT2D eigenvalue weighted by atomic mass is 10.2. The fraction of sp³-hybridized carbons (Fsp3) is 0.467. The SMILES string of the molecule is N#CCCN(CCC(=O)Nc1ccc(N)cc1)C1CC1. The monoisotopic (exact) mass is 272 g/mol. The van der Waals surface area contributed by atoms with Crippen LogP contribution in [0, 0.1) is 11.3 Å². The number of nitrogen functional groups attached to an aromatic ring is 1. The molecule has 0 saturated heterocycles. The second-order valence-corrected chi connectivity index (χ2v) is 5.10. The Hall–Kier alpha value is -2.06. The number of benzene rings is 1. The van der Waals surface area contributed by atoms with Gasteiger partial charge in [0.25, 0.3) is 0 Å². The minimum atomic E-state index is -0.00243. The van der Waals surface area contributed by atoms with Crippen molar-refractivity contribution in [3.05, 3.63) is 24.3 Å². The Balaban J connectivity index is 1.76. The summed E-state index contributed by atoms with van der Waals surface area (Å²) in [7, 11) is 0. The number of hydrogen-bond donors (Lipinski definition) is 2. The number of anilines is 2. The molecule has 0 spiro atoms. The van der Waals surface area contributed by atoms with Gasteiger partial charge in [-0.3, -0.25) is 9.69 Å². The average molecular weight is 272 g/mol. The molecule has 0 atom stereocenters. The molecule has 0 aromatic heterocycles. The fourth-order valence-electron chi connectivity index (χ4n) is 2.15. The zero-order chi connectivity index (χ0) is 14.4. The van der Waals surface area contributed by atoms with Crippen molar-refractivity contribution in [2.75, 3.05) is 24.1 Å². The lowest BCUT2D eigenvalue weighted by Gasteiger charge is -2.20. The first-order valence-corrected chi connectivity index (χ1v) is 6.95. The predicted molar refractivity (Wildman–Crippen MR) is 78.9 cm³/mol. The summed E-state index contributed by atoms with van der Waals surface area (Å²) < 4.78 is 0. The third-order valence-corrected chi connectivity index (χ3v) is 3.39. The van der Waals surface area contributed by atoms with Gasteiger partial charge in [-0.05, 0) is 37.1 Å². The van der Waals surface area contributed by atoms with Gasteiger partial charge in [-0.1, -0.05) is 0 Å². The maximum absolute atomic E-state index is 11.9. The highest BCUT2D eigenvalue weighted by Crippen LogP contribution is 2.26. The zero-order valence-corrected chi connectivity index (χ0v) is 11.5. The van der Waals surface area contributed by atoms with E-state index < -0.39 is 0 Å². The van der Waals surface area contributed by atoms with Gasteiger partial charge in [0.1, 0.15) is 0 Å². The van der Waals surface area contributed by atoms with E-state index in [1.54, 1.807) is 24.3 Å². The number of carbonyl (C=O) groups excluding carboxylic acids is 1. The molecule has 5 nitrogen and oxygen atoms in total. The molecule has 0 aliphatic heterocycles. The van der Waals surface area contributed by atoms with E-state index in [1.807, 2.05) is 0 Å². The van der Waals surface area contributed by atoms with Crippen molar-refractivity contribution in [3.8, 4) is 6.07 Å². The summed E-state index contributed by atoms with van der Waals surface area (Å²) in [4.78, 5) is 14.1. The summed E-state index contributed by atoms with van der Waals surface area (Å²) in [5, 5.41) is 11.5. The summed E-state index contributed by atoms with van der Waals surface area (Å²) in [5.41, 5.74) is 7.04. The predicted octanol–water partition coefficient (Wildman–Crippen LogP) is 1.98. The van der Waals surface area contributed by atoms with Gasteiger partial charge in [-0.25, -0.2) is 0 Å². The van der Waals surface area contributed by atoms with Crippen LogP contribution in [0.5, 0.6) is 0 Å². The molecule has 1 aromatic carbocycles. The van der Waals surface area contributed by atoms with Crippen LogP contribution < -0.4 is 11.1 Å². The Kier molecular flexibility index (Phi) is 4.97. The molecule has 0 bridgehead atoms. The number of nitriles is 1. The van der Waals surface area contributed by atoms with Crippen LogP contribution in [0.2, 0.25) is 0 Å². The molecular weight excluding hydrogens is 252 g/mol. The quantitative estimate of drug-likeness (QED) is 0.743. The van der Waals surface area contributed by atoms with Gasteiger partial charge >= 0.3 is 0 Å². The number of carbonyl (C=O) groups is 1. The van der Waals surface area contributed by atoms with Gasteiger partial charge in [0.2, 0.25) is 5.91 Å². The molecular formula is C15H20N4O. The van der Waals surface area contributed by atoms with Crippen LogP contribution in [-0.4, -0.2) is 29.9 Å². The number of nitrogens with zero attached hydrogens (tertiary/aromatic N) is 2. The van der Waals surface area contributed by atoms with E-state index >= 15 is 0 Å². The van der Waals surface area contributed by atoms with Crippen molar-refractivity contribution in [3.63, 3.8) is 0 Å². The molecule has 106 valence electrons. The highest BCUT2D eigenvalue weighted by atomic mass is 16.1. The molecule has 20 heavy (non-hydrogen) atoms. The maximum Gasteiger partial charge on any atom is 0.225 e. The van der Waals surface area contributed by atoms with Crippen molar-refractivity contribution >= 4 is 17.3 Å². The maximum atomic E-state index is 11.9. The van der Waals surface area contributed by atoms with Gasteiger partial charge in [-0.2, -0.15) is 5.26 Å². The molecule has 1 aromatic rings. The highest BCUT2D eigenvalue weighted by Gasteiger charge is 2.28. The van der Waals surface area contributed by atoms with E-state index in [-0.39, 0.29) is 5.91 Å². The van der Waals surface area contributed by atoms with Crippen LogP contribution in [0.15, 0.2) is 24.3 Å². The van der Waals surface area contributed by atoms with E-state index in [2.05, 4.69) is 16.3 Å². The first-order chi connectivity index (χ1) is 9.69. The lowest BCUT2D eigenvalue weighted by molar-refractivity contribution is -0.116. The fourth-order valence-corrected chi connectivity index (χ4v) is 2.15. The van der Waals surface area contributed by atoms with E-state index in [4.69, 9.17) is 11.0 Å². The summed E-state index contributed by atoms with van der Waals surface area (Å²) in [6.45, 7) is 1.48. The molecule has 2 rings (SSSR count). The van der Waals surface area contributed by atoms with E-state index in [1.165, 1.54) is 12.8 Å². The van der Waals surface area contributed by atoms with Crippen molar-refractivity contribution < 1.29 is 4.79 Å². The average Bonchev–Trinajstić information content (AvgIpc) is 3.26. The van der Waals surface area contributed by atoms with Gasteiger partial charge in [0.15, 0.2) is 0 Å². The second-order valence-electron chi connectivity index (χ2n) is 5.10. The van der Waals surface area contributed by atoms with Gasteiger partial charge in [-0.15, -0.1) is 0 Å². The van der Waals surface area contributed by atoms with Crippen molar-refractivity contribution in [2.24, 2.45) is 0 Å². The normalized spacial score (nSPS) is 14.0. The lowest BCUT2D eigenvalue weighted by Crippen LogP contribution is -2.30. The number of rotatable bonds is 7. The molecule has 1 aliphatic carbocycles. The van der Waals surface area contributed by atoms with Crippen molar-refractivity contribution in [2.45, 2.75) is 31.7 Å². The third-order valence-electron chi connectivity index (χ3n) is 3.39. The largest absolute Gasteiger partial charge is 0.399 e. The minimum Gasteiger partial charge on any atom is -0.399 e. The van der Waals surface area contributed by atoms with E-state index in [0.717, 1.165) is 12.2 Å². The van der Waals surface area contributed by atoms with Gasteiger partial charge < -0.3 is 11.1 Å². The molecule has 1 fully saturated rings.